The molecule has 0 aliphatic carbocycles. The molecule has 0 aromatic heterocycles. The van der Waals surface area contributed by atoms with Crippen molar-refractivity contribution < 1.29 is 0 Å². The second kappa shape index (κ2) is 2.28. The van der Waals surface area contributed by atoms with Crippen LogP contribution in [-0.4, -0.2) is 17.8 Å². The Balaban J connectivity index is 2.44. The van der Waals surface area contributed by atoms with Crippen LogP contribution in [0.3, 0.4) is 0 Å². The first kappa shape index (κ1) is 6.43. The lowest BCUT2D eigenvalue weighted by molar-refractivity contribution is 0.645. The molecule has 1 saturated heterocycles. The maximum absolute atomic E-state index is 4.42. The molecule has 2 heteroatoms. The fraction of sp³-hybridized carbons (Fsp3) is 1.00. The third kappa shape index (κ3) is 1.00. The van der Waals surface area contributed by atoms with Crippen LogP contribution in [0.5, 0.6) is 0 Å². The Morgan fingerprint density at radius 3 is 2.25 bits per heavy atom. The molecule has 1 aliphatic heterocycles. The molecule has 0 bridgehead atoms. The van der Waals surface area contributed by atoms with Gasteiger partial charge in [-0.2, -0.15) is 12.6 Å². The highest BCUT2D eigenvalue weighted by atomic mass is 32.1. The number of thiol groups is 1. The summed E-state index contributed by atoms with van der Waals surface area (Å²) in [5.41, 5.74) is 0. The van der Waals surface area contributed by atoms with Gasteiger partial charge in [-0.15, -0.1) is 0 Å². The van der Waals surface area contributed by atoms with E-state index in [2.05, 4.69) is 31.8 Å². The fourth-order valence-electron chi connectivity index (χ4n) is 1.11. The smallest absolute Gasteiger partial charge is 0.0205 e. The van der Waals surface area contributed by atoms with Crippen molar-refractivity contribution in [2.75, 3.05) is 6.54 Å². The lowest BCUT2D eigenvalue weighted by atomic mass is 10.1. The Kier molecular flexibility index (Phi) is 1.83. The first-order chi connectivity index (χ1) is 3.72. The summed E-state index contributed by atoms with van der Waals surface area (Å²) in [7, 11) is 0. The molecular weight excluding hydrogens is 118 g/mol. The summed E-state index contributed by atoms with van der Waals surface area (Å²) in [6.07, 6.45) is 0. The van der Waals surface area contributed by atoms with Gasteiger partial charge in [0.15, 0.2) is 0 Å². The standard InChI is InChI=1S/C6H13NS/c1-4-3-7-5(2)6(4)8/h4-8H,3H2,1-2H3/t4?,5-,6?/m1/s1. The van der Waals surface area contributed by atoms with Crippen LogP contribution >= 0.6 is 12.6 Å². The van der Waals surface area contributed by atoms with Gasteiger partial charge >= 0.3 is 0 Å². The van der Waals surface area contributed by atoms with Crippen LogP contribution < -0.4 is 5.32 Å². The van der Waals surface area contributed by atoms with Gasteiger partial charge in [0, 0.05) is 11.3 Å². The van der Waals surface area contributed by atoms with Gasteiger partial charge in [0.2, 0.25) is 0 Å². The predicted molar refractivity (Wildman–Crippen MR) is 39.4 cm³/mol. The second-order valence-electron chi connectivity index (χ2n) is 2.66. The zero-order valence-corrected chi connectivity index (χ0v) is 6.28. The van der Waals surface area contributed by atoms with E-state index in [0.29, 0.717) is 11.3 Å². The van der Waals surface area contributed by atoms with Gasteiger partial charge in [-0.25, -0.2) is 0 Å². The van der Waals surface area contributed by atoms with Gasteiger partial charge in [-0.05, 0) is 19.4 Å². The van der Waals surface area contributed by atoms with Gasteiger partial charge in [0.1, 0.15) is 0 Å². The lowest BCUT2D eigenvalue weighted by Gasteiger charge is -2.09. The molecule has 1 aliphatic rings. The van der Waals surface area contributed by atoms with Crippen LogP contribution in [0.15, 0.2) is 0 Å². The molecule has 0 radical (unpaired) electrons. The molecule has 1 heterocycles. The van der Waals surface area contributed by atoms with Crippen molar-refractivity contribution in [3.63, 3.8) is 0 Å². The van der Waals surface area contributed by atoms with Crippen molar-refractivity contribution in [2.24, 2.45) is 5.92 Å². The third-order valence-corrected chi connectivity index (χ3v) is 2.81. The van der Waals surface area contributed by atoms with E-state index in [-0.39, 0.29) is 0 Å². The first-order valence-corrected chi connectivity index (χ1v) is 3.65. The van der Waals surface area contributed by atoms with Crippen molar-refractivity contribution in [2.45, 2.75) is 25.1 Å². The van der Waals surface area contributed by atoms with E-state index < -0.39 is 0 Å². The largest absolute Gasteiger partial charge is 0.313 e. The van der Waals surface area contributed by atoms with Gasteiger partial charge in [0.05, 0.1) is 0 Å². The lowest BCUT2D eigenvalue weighted by Crippen LogP contribution is -2.23. The van der Waals surface area contributed by atoms with Crippen molar-refractivity contribution in [3.8, 4) is 0 Å². The van der Waals surface area contributed by atoms with E-state index in [1.165, 1.54) is 0 Å². The minimum absolute atomic E-state index is 0.565. The number of hydrogen-bond acceptors (Lipinski definition) is 2. The Labute approximate surface area is 56.3 Å². The van der Waals surface area contributed by atoms with E-state index in [4.69, 9.17) is 0 Å². The number of rotatable bonds is 0. The Morgan fingerprint density at radius 2 is 2.12 bits per heavy atom. The maximum Gasteiger partial charge on any atom is 0.0205 e. The van der Waals surface area contributed by atoms with Crippen LogP contribution in [0.2, 0.25) is 0 Å². The Morgan fingerprint density at radius 1 is 1.50 bits per heavy atom. The molecule has 0 saturated carbocycles. The average molecular weight is 131 g/mol. The Hall–Kier alpha value is 0.310. The van der Waals surface area contributed by atoms with E-state index in [1.807, 2.05) is 0 Å². The van der Waals surface area contributed by atoms with Crippen molar-refractivity contribution >= 4 is 12.6 Å². The summed E-state index contributed by atoms with van der Waals surface area (Å²) < 4.78 is 0. The monoisotopic (exact) mass is 131 g/mol. The Bertz CT molecular complexity index is 74.6. The molecule has 1 rings (SSSR count). The van der Waals surface area contributed by atoms with Crippen LogP contribution in [0.25, 0.3) is 0 Å². The number of nitrogens with one attached hydrogen (secondary N) is 1. The topological polar surface area (TPSA) is 12.0 Å². The van der Waals surface area contributed by atoms with E-state index in [9.17, 15) is 0 Å². The normalized spacial score (nSPS) is 47.6. The van der Waals surface area contributed by atoms with Gasteiger partial charge in [-0.3, -0.25) is 0 Å². The van der Waals surface area contributed by atoms with Crippen molar-refractivity contribution in [1.82, 2.24) is 5.32 Å². The maximum atomic E-state index is 4.42. The molecule has 0 amide bonds. The molecule has 0 aromatic rings. The molecule has 1 nitrogen and oxygen atoms in total. The summed E-state index contributed by atoms with van der Waals surface area (Å²) in [6, 6.07) is 0.605. The molecule has 8 heavy (non-hydrogen) atoms. The highest BCUT2D eigenvalue weighted by Crippen LogP contribution is 2.18. The molecule has 48 valence electrons. The molecule has 3 atom stereocenters. The molecular formula is C6H13NS. The van der Waals surface area contributed by atoms with Crippen LogP contribution in [0.1, 0.15) is 13.8 Å². The van der Waals surface area contributed by atoms with Crippen LogP contribution in [-0.2, 0) is 0 Å². The zero-order valence-electron chi connectivity index (χ0n) is 5.39. The summed E-state index contributed by atoms with van der Waals surface area (Å²) in [6.45, 7) is 5.55. The first-order valence-electron chi connectivity index (χ1n) is 3.13. The predicted octanol–water partition coefficient (Wildman–Crippen LogP) is 0.913. The van der Waals surface area contributed by atoms with Crippen LogP contribution in [0, 0.1) is 5.92 Å². The SMILES string of the molecule is CC1CN[C@H](C)C1S. The molecule has 1 N–H and O–H groups in total. The van der Waals surface area contributed by atoms with Crippen molar-refractivity contribution in [3.05, 3.63) is 0 Å². The van der Waals surface area contributed by atoms with Gasteiger partial charge in [0.25, 0.3) is 0 Å². The summed E-state index contributed by atoms with van der Waals surface area (Å²) in [5, 5.41) is 3.91. The van der Waals surface area contributed by atoms with Crippen molar-refractivity contribution in [1.29, 1.82) is 0 Å². The summed E-state index contributed by atoms with van der Waals surface area (Å²) >= 11 is 4.42. The summed E-state index contributed by atoms with van der Waals surface area (Å²) in [5.74, 6) is 0.744. The molecule has 0 spiro atoms. The van der Waals surface area contributed by atoms with Crippen LogP contribution in [0.4, 0.5) is 0 Å². The quantitative estimate of drug-likeness (QED) is 0.466. The molecule has 1 fully saturated rings. The zero-order chi connectivity index (χ0) is 6.15. The second-order valence-corrected chi connectivity index (χ2v) is 3.26. The minimum atomic E-state index is 0.565. The average Bonchev–Trinajstić information content (AvgIpc) is 1.98. The van der Waals surface area contributed by atoms with Gasteiger partial charge in [-0.1, -0.05) is 6.92 Å². The number of hydrogen-bond donors (Lipinski definition) is 2. The van der Waals surface area contributed by atoms with Gasteiger partial charge < -0.3 is 5.32 Å². The van der Waals surface area contributed by atoms with E-state index in [0.717, 1.165) is 12.5 Å². The molecule has 2 unspecified atom stereocenters. The minimum Gasteiger partial charge on any atom is -0.313 e. The van der Waals surface area contributed by atoms with E-state index >= 15 is 0 Å². The summed E-state index contributed by atoms with van der Waals surface area (Å²) in [4.78, 5) is 0. The highest BCUT2D eigenvalue weighted by Gasteiger charge is 2.25. The molecule has 0 aromatic carbocycles. The fourth-order valence-corrected chi connectivity index (χ4v) is 1.32. The van der Waals surface area contributed by atoms with E-state index in [1.54, 1.807) is 0 Å². The highest BCUT2D eigenvalue weighted by molar-refractivity contribution is 7.81. The third-order valence-electron chi connectivity index (χ3n) is 1.86.